The molecule has 0 saturated heterocycles. The number of nitrogens with two attached hydrogens (primary N) is 1. The minimum Gasteiger partial charge on any atom is -0.374 e. The molecule has 1 aromatic heterocycles. The summed E-state index contributed by atoms with van der Waals surface area (Å²) in [6.07, 6.45) is 0.922. The number of hydrogen-bond donors (Lipinski definition) is 1. The van der Waals surface area contributed by atoms with Gasteiger partial charge in [0.25, 0.3) is 0 Å². The van der Waals surface area contributed by atoms with Crippen molar-refractivity contribution in [3.63, 3.8) is 0 Å². The van der Waals surface area contributed by atoms with E-state index in [1.807, 2.05) is 17.9 Å². The van der Waals surface area contributed by atoms with E-state index in [9.17, 15) is 4.79 Å². The first-order chi connectivity index (χ1) is 10.1. The summed E-state index contributed by atoms with van der Waals surface area (Å²) in [5.41, 5.74) is 8.15. The standard InChI is InChI=1S/C14H16N4OS2/c1-9(20-14-17-16-13(15)21-14)12(19)18-7-6-10-4-2-3-5-11(10)8-18/h2-5,9H,6-8H2,1H3,(H2,15,16)/t9-/m1/s1. The molecule has 1 amide bonds. The third-order valence-electron chi connectivity index (χ3n) is 3.49. The van der Waals surface area contributed by atoms with Gasteiger partial charge in [0.05, 0.1) is 5.25 Å². The molecule has 1 aromatic carbocycles. The summed E-state index contributed by atoms with van der Waals surface area (Å²) in [5.74, 6) is 0.142. The number of amides is 1. The molecule has 0 fully saturated rings. The molecular weight excluding hydrogens is 304 g/mol. The predicted octanol–water partition coefficient (Wildman–Crippen LogP) is 2.19. The van der Waals surface area contributed by atoms with Gasteiger partial charge in [-0.25, -0.2) is 0 Å². The number of carbonyl (C=O) groups excluding carboxylic acids is 1. The van der Waals surface area contributed by atoms with E-state index in [1.54, 1.807) is 0 Å². The molecule has 1 atom stereocenters. The highest BCUT2D eigenvalue weighted by Crippen LogP contribution is 2.29. The summed E-state index contributed by atoms with van der Waals surface area (Å²) < 4.78 is 0.741. The van der Waals surface area contributed by atoms with E-state index < -0.39 is 0 Å². The van der Waals surface area contributed by atoms with Crippen molar-refractivity contribution in [2.24, 2.45) is 0 Å². The van der Waals surface area contributed by atoms with Crippen molar-refractivity contribution < 1.29 is 4.79 Å². The van der Waals surface area contributed by atoms with E-state index >= 15 is 0 Å². The quantitative estimate of drug-likeness (QED) is 0.878. The van der Waals surface area contributed by atoms with Crippen molar-refractivity contribution in [1.29, 1.82) is 0 Å². The highest BCUT2D eigenvalue weighted by Gasteiger charge is 2.25. The van der Waals surface area contributed by atoms with Crippen LogP contribution in [-0.4, -0.2) is 32.8 Å². The molecule has 110 valence electrons. The van der Waals surface area contributed by atoms with Crippen molar-refractivity contribution in [2.75, 3.05) is 12.3 Å². The minimum atomic E-state index is -0.178. The molecule has 5 nitrogen and oxygen atoms in total. The number of anilines is 1. The maximum Gasteiger partial charge on any atom is 0.236 e. The first-order valence-corrected chi connectivity index (χ1v) is 8.44. The Bertz CT molecular complexity index is 658. The lowest BCUT2D eigenvalue weighted by Crippen LogP contribution is -2.40. The summed E-state index contributed by atoms with van der Waals surface area (Å²) >= 11 is 2.74. The van der Waals surface area contributed by atoms with Crippen LogP contribution in [0.4, 0.5) is 5.13 Å². The second-order valence-corrected chi connectivity index (χ2v) is 7.54. The number of thioether (sulfide) groups is 1. The Morgan fingerprint density at radius 2 is 2.14 bits per heavy atom. The number of carbonyl (C=O) groups is 1. The number of nitrogens with zero attached hydrogens (tertiary/aromatic N) is 3. The van der Waals surface area contributed by atoms with E-state index in [-0.39, 0.29) is 11.2 Å². The van der Waals surface area contributed by atoms with Crippen molar-refractivity contribution in [1.82, 2.24) is 15.1 Å². The minimum absolute atomic E-state index is 0.142. The van der Waals surface area contributed by atoms with Crippen LogP contribution in [-0.2, 0) is 17.8 Å². The molecule has 0 radical (unpaired) electrons. The molecule has 7 heteroatoms. The Balaban J connectivity index is 1.66. The fourth-order valence-electron chi connectivity index (χ4n) is 2.41. The van der Waals surface area contributed by atoms with E-state index in [1.165, 1.54) is 34.2 Å². The van der Waals surface area contributed by atoms with Crippen molar-refractivity contribution in [3.05, 3.63) is 35.4 Å². The molecule has 0 bridgehead atoms. The van der Waals surface area contributed by atoms with Crippen molar-refractivity contribution in [3.8, 4) is 0 Å². The third kappa shape index (κ3) is 3.19. The van der Waals surface area contributed by atoms with Gasteiger partial charge in [-0.1, -0.05) is 47.4 Å². The molecule has 0 spiro atoms. The summed E-state index contributed by atoms with van der Waals surface area (Å²) in [7, 11) is 0. The Labute approximate surface area is 131 Å². The van der Waals surface area contributed by atoms with Crippen molar-refractivity contribution in [2.45, 2.75) is 29.5 Å². The van der Waals surface area contributed by atoms with E-state index in [2.05, 4.69) is 28.4 Å². The summed E-state index contributed by atoms with van der Waals surface area (Å²) in [4.78, 5) is 14.5. The van der Waals surface area contributed by atoms with Crippen LogP contribution in [0, 0.1) is 0 Å². The van der Waals surface area contributed by atoms with Crippen molar-refractivity contribution >= 4 is 34.1 Å². The van der Waals surface area contributed by atoms with Crippen LogP contribution < -0.4 is 5.73 Å². The maximum atomic E-state index is 12.5. The Kier molecular flexibility index (Phi) is 4.12. The van der Waals surface area contributed by atoms with Gasteiger partial charge >= 0.3 is 0 Å². The van der Waals surface area contributed by atoms with Crippen LogP contribution in [0.25, 0.3) is 0 Å². The maximum absolute atomic E-state index is 12.5. The number of fused-ring (bicyclic) bond motifs is 1. The third-order valence-corrected chi connectivity index (χ3v) is 5.41. The molecule has 0 saturated carbocycles. The van der Waals surface area contributed by atoms with Gasteiger partial charge in [0, 0.05) is 13.1 Å². The highest BCUT2D eigenvalue weighted by molar-refractivity contribution is 8.02. The average Bonchev–Trinajstić information content (AvgIpc) is 2.91. The zero-order valence-electron chi connectivity index (χ0n) is 11.7. The van der Waals surface area contributed by atoms with Gasteiger partial charge in [-0.3, -0.25) is 4.79 Å². The Hall–Kier alpha value is -1.60. The lowest BCUT2D eigenvalue weighted by Gasteiger charge is -2.30. The molecule has 21 heavy (non-hydrogen) atoms. The molecule has 3 rings (SSSR count). The van der Waals surface area contributed by atoms with Crippen LogP contribution >= 0.6 is 23.1 Å². The highest BCUT2D eigenvalue weighted by atomic mass is 32.2. The smallest absolute Gasteiger partial charge is 0.236 e. The largest absolute Gasteiger partial charge is 0.374 e. The zero-order valence-corrected chi connectivity index (χ0v) is 13.3. The van der Waals surface area contributed by atoms with Gasteiger partial charge in [0.15, 0.2) is 4.34 Å². The molecule has 0 aliphatic carbocycles. The van der Waals surface area contributed by atoms with Gasteiger partial charge in [-0.05, 0) is 24.5 Å². The molecule has 0 unspecified atom stereocenters. The van der Waals surface area contributed by atoms with E-state index in [4.69, 9.17) is 5.73 Å². The van der Waals surface area contributed by atoms with Crippen LogP contribution in [0.2, 0.25) is 0 Å². The van der Waals surface area contributed by atoms with Crippen LogP contribution in [0.5, 0.6) is 0 Å². The Morgan fingerprint density at radius 3 is 2.86 bits per heavy atom. The fourth-order valence-corrected chi connectivity index (χ4v) is 4.27. The topological polar surface area (TPSA) is 72.1 Å². The van der Waals surface area contributed by atoms with Gasteiger partial charge in [-0.15, -0.1) is 10.2 Å². The molecule has 2 heterocycles. The number of rotatable bonds is 3. The predicted molar refractivity (Wildman–Crippen MR) is 85.2 cm³/mol. The first-order valence-electron chi connectivity index (χ1n) is 6.74. The van der Waals surface area contributed by atoms with Crippen LogP contribution in [0.1, 0.15) is 18.1 Å². The lowest BCUT2D eigenvalue weighted by atomic mass is 10.00. The monoisotopic (exact) mass is 320 g/mol. The van der Waals surface area contributed by atoms with Gasteiger partial charge in [-0.2, -0.15) is 0 Å². The SMILES string of the molecule is C[C@@H](Sc1nnc(N)s1)C(=O)N1CCc2ccccc2C1. The Morgan fingerprint density at radius 1 is 1.38 bits per heavy atom. The zero-order chi connectivity index (χ0) is 14.8. The fraction of sp³-hybridized carbons (Fsp3) is 0.357. The van der Waals surface area contributed by atoms with Gasteiger partial charge < -0.3 is 10.6 Å². The van der Waals surface area contributed by atoms with Gasteiger partial charge in [0.2, 0.25) is 11.0 Å². The van der Waals surface area contributed by atoms with Crippen LogP contribution in [0.15, 0.2) is 28.6 Å². The molecule has 2 N–H and O–H groups in total. The van der Waals surface area contributed by atoms with E-state index in [0.29, 0.717) is 11.7 Å². The second-order valence-electron chi connectivity index (χ2n) is 4.94. The molecule has 2 aromatic rings. The number of benzene rings is 1. The lowest BCUT2D eigenvalue weighted by molar-refractivity contribution is -0.131. The average molecular weight is 320 g/mol. The normalized spacial score (nSPS) is 15.6. The molecule has 1 aliphatic rings. The first kappa shape index (κ1) is 14.3. The van der Waals surface area contributed by atoms with E-state index in [0.717, 1.165) is 17.3 Å². The second kappa shape index (κ2) is 6.03. The number of nitrogen functional groups attached to an aromatic ring is 1. The summed E-state index contributed by atoms with van der Waals surface area (Å²) in [6, 6.07) is 8.31. The number of hydrogen-bond acceptors (Lipinski definition) is 6. The summed E-state index contributed by atoms with van der Waals surface area (Å²) in [6.45, 7) is 3.38. The molecular formula is C14H16N4OS2. The number of aromatic nitrogens is 2. The summed E-state index contributed by atoms with van der Waals surface area (Å²) in [5, 5.41) is 7.98. The van der Waals surface area contributed by atoms with Gasteiger partial charge in [0.1, 0.15) is 0 Å². The molecule has 1 aliphatic heterocycles. The van der Waals surface area contributed by atoms with Crippen LogP contribution in [0.3, 0.4) is 0 Å².